The van der Waals surface area contributed by atoms with Gasteiger partial charge in [0, 0.05) is 30.4 Å². The maximum Gasteiger partial charge on any atom is 0.239 e. The minimum absolute atomic E-state index is 0.0840. The van der Waals surface area contributed by atoms with Crippen LogP contribution in [0.1, 0.15) is 16.7 Å². The van der Waals surface area contributed by atoms with Gasteiger partial charge in [-0.1, -0.05) is 42.5 Å². The molecular formula is C26H30N2O4. The van der Waals surface area contributed by atoms with Crippen molar-refractivity contribution in [2.45, 2.75) is 20.0 Å². The Hall–Kier alpha value is -3.67. The van der Waals surface area contributed by atoms with Crippen LogP contribution in [0.3, 0.4) is 0 Å². The highest BCUT2D eigenvalue weighted by Crippen LogP contribution is 2.34. The summed E-state index contributed by atoms with van der Waals surface area (Å²) in [5, 5.41) is 3.01. The van der Waals surface area contributed by atoms with Crippen LogP contribution in [0.25, 0.3) is 0 Å². The van der Waals surface area contributed by atoms with Crippen molar-refractivity contribution in [3.05, 3.63) is 83.4 Å². The van der Waals surface area contributed by atoms with E-state index in [2.05, 4.69) is 28.4 Å². The molecule has 0 aliphatic heterocycles. The normalized spacial score (nSPS) is 10.4. The number of benzene rings is 3. The summed E-state index contributed by atoms with van der Waals surface area (Å²) in [6.07, 6.45) is 0. The van der Waals surface area contributed by atoms with Gasteiger partial charge < -0.3 is 24.4 Å². The van der Waals surface area contributed by atoms with Crippen LogP contribution < -0.4 is 24.4 Å². The minimum Gasteiger partial charge on any atom is -0.496 e. The summed E-state index contributed by atoms with van der Waals surface area (Å²) < 4.78 is 16.2. The maximum atomic E-state index is 12.9. The van der Waals surface area contributed by atoms with Gasteiger partial charge in [-0.15, -0.1) is 0 Å². The number of ether oxygens (including phenoxy) is 3. The van der Waals surface area contributed by atoms with Gasteiger partial charge in [0.05, 0.1) is 27.9 Å². The van der Waals surface area contributed by atoms with E-state index in [0.717, 1.165) is 22.4 Å². The van der Waals surface area contributed by atoms with E-state index in [1.165, 1.54) is 0 Å². The summed E-state index contributed by atoms with van der Waals surface area (Å²) in [7, 11) is 4.74. The number of carbonyl (C=O) groups is 1. The van der Waals surface area contributed by atoms with Crippen molar-refractivity contribution in [1.82, 2.24) is 5.32 Å². The average Bonchev–Trinajstić information content (AvgIpc) is 2.82. The SMILES string of the molecule is COc1cc(OC)c(OC)cc1CNC(=O)CN(Cc1ccccc1)c1cccc(C)c1. The van der Waals surface area contributed by atoms with Gasteiger partial charge in [0.25, 0.3) is 0 Å². The highest BCUT2D eigenvalue weighted by Gasteiger charge is 2.15. The zero-order chi connectivity index (χ0) is 22.9. The molecule has 0 atom stereocenters. The van der Waals surface area contributed by atoms with E-state index in [-0.39, 0.29) is 12.5 Å². The third kappa shape index (κ3) is 5.94. The first-order valence-corrected chi connectivity index (χ1v) is 10.4. The molecule has 0 unspecified atom stereocenters. The standard InChI is InChI=1S/C26H30N2O4/c1-19-9-8-12-22(13-19)28(17-20-10-6-5-7-11-20)18-26(29)27-16-21-14-24(31-3)25(32-4)15-23(21)30-2/h5-15H,16-18H2,1-4H3,(H,27,29). The summed E-state index contributed by atoms with van der Waals surface area (Å²) in [6.45, 7) is 3.23. The summed E-state index contributed by atoms with van der Waals surface area (Å²) in [6, 6.07) is 21.9. The number of nitrogens with zero attached hydrogens (tertiary/aromatic N) is 1. The molecule has 0 bridgehead atoms. The Morgan fingerprint density at radius 3 is 2.19 bits per heavy atom. The Morgan fingerprint density at radius 2 is 1.53 bits per heavy atom. The minimum atomic E-state index is -0.0840. The van der Waals surface area contributed by atoms with Crippen molar-refractivity contribution in [3.8, 4) is 17.2 Å². The van der Waals surface area contributed by atoms with E-state index in [0.29, 0.717) is 30.3 Å². The van der Waals surface area contributed by atoms with Gasteiger partial charge in [0.1, 0.15) is 5.75 Å². The number of rotatable bonds is 10. The summed E-state index contributed by atoms with van der Waals surface area (Å²) in [4.78, 5) is 15.0. The van der Waals surface area contributed by atoms with Crippen molar-refractivity contribution >= 4 is 11.6 Å². The quantitative estimate of drug-likeness (QED) is 0.514. The Kier molecular flexibility index (Phi) is 7.97. The molecule has 0 spiro atoms. The van der Waals surface area contributed by atoms with Crippen molar-refractivity contribution in [2.24, 2.45) is 0 Å². The fraction of sp³-hybridized carbons (Fsp3) is 0.269. The lowest BCUT2D eigenvalue weighted by atomic mass is 10.1. The average molecular weight is 435 g/mol. The third-order valence-electron chi connectivity index (χ3n) is 5.18. The first-order chi connectivity index (χ1) is 15.5. The second kappa shape index (κ2) is 11.1. The second-order valence-corrected chi connectivity index (χ2v) is 7.48. The summed E-state index contributed by atoms with van der Waals surface area (Å²) >= 11 is 0. The molecule has 6 nitrogen and oxygen atoms in total. The van der Waals surface area contributed by atoms with Gasteiger partial charge in [-0.2, -0.15) is 0 Å². The Morgan fingerprint density at radius 1 is 0.844 bits per heavy atom. The Balaban J connectivity index is 1.74. The smallest absolute Gasteiger partial charge is 0.239 e. The topological polar surface area (TPSA) is 60.0 Å². The molecule has 0 fully saturated rings. The fourth-order valence-electron chi connectivity index (χ4n) is 3.52. The Labute approximate surface area is 189 Å². The molecule has 0 aliphatic rings. The first-order valence-electron chi connectivity index (χ1n) is 10.4. The van der Waals surface area contributed by atoms with Crippen molar-refractivity contribution in [3.63, 3.8) is 0 Å². The van der Waals surface area contributed by atoms with Crippen LogP contribution in [0.4, 0.5) is 5.69 Å². The molecule has 6 heteroatoms. The van der Waals surface area contributed by atoms with Gasteiger partial charge in [0.2, 0.25) is 5.91 Å². The number of amides is 1. The second-order valence-electron chi connectivity index (χ2n) is 7.48. The molecule has 168 valence electrons. The molecule has 32 heavy (non-hydrogen) atoms. The van der Waals surface area contributed by atoms with Crippen LogP contribution in [-0.4, -0.2) is 33.8 Å². The molecule has 1 amide bonds. The predicted molar refractivity (Wildman–Crippen MR) is 127 cm³/mol. The maximum absolute atomic E-state index is 12.9. The van der Waals surface area contributed by atoms with E-state index < -0.39 is 0 Å². The van der Waals surface area contributed by atoms with Crippen molar-refractivity contribution in [1.29, 1.82) is 0 Å². The molecule has 3 aromatic rings. The fourth-order valence-corrected chi connectivity index (χ4v) is 3.52. The van der Waals surface area contributed by atoms with Gasteiger partial charge in [-0.05, 0) is 36.2 Å². The monoisotopic (exact) mass is 434 g/mol. The number of methoxy groups -OCH3 is 3. The zero-order valence-electron chi connectivity index (χ0n) is 19.1. The molecule has 0 heterocycles. The van der Waals surface area contributed by atoms with Crippen LogP contribution in [0.5, 0.6) is 17.2 Å². The summed E-state index contributed by atoms with van der Waals surface area (Å²) in [5.41, 5.74) is 4.11. The van der Waals surface area contributed by atoms with Gasteiger partial charge >= 0.3 is 0 Å². The zero-order valence-corrected chi connectivity index (χ0v) is 19.1. The lowest BCUT2D eigenvalue weighted by Crippen LogP contribution is -2.36. The van der Waals surface area contributed by atoms with E-state index in [9.17, 15) is 4.79 Å². The number of hydrogen-bond donors (Lipinski definition) is 1. The van der Waals surface area contributed by atoms with Crippen LogP contribution in [0.2, 0.25) is 0 Å². The molecule has 1 N–H and O–H groups in total. The van der Waals surface area contributed by atoms with E-state index >= 15 is 0 Å². The van der Waals surface area contributed by atoms with Crippen LogP contribution in [0.15, 0.2) is 66.7 Å². The van der Waals surface area contributed by atoms with Crippen molar-refractivity contribution < 1.29 is 19.0 Å². The molecule has 0 radical (unpaired) electrons. The van der Waals surface area contributed by atoms with Crippen LogP contribution in [-0.2, 0) is 17.9 Å². The highest BCUT2D eigenvalue weighted by atomic mass is 16.5. The third-order valence-corrected chi connectivity index (χ3v) is 5.18. The molecule has 0 saturated carbocycles. The lowest BCUT2D eigenvalue weighted by Gasteiger charge is -2.25. The lowest BCUT2D eigenvalue weighted by molar-refractivity contribution is -0.119. The number of carbonyl (C=O) groups excluding carboxylic acids is 1. The number of anilines is 1. The molecule has 0 saturated heterocycles. The van der Waals surface area contributed by atoms with Crippen LogP contribution >= 0.6 is 0 Å². The molecule has 0 aromatic heterocycles. The summed E-state index contributed by atoms with van der Waals surface area (Å²) in [5.74, 6) is 1.71. The molecule has 3 rings (SSSR count). The number of aryl methyl sites for hydroxylation is 1. The van der Waals surface area contributed by atoms with Gasteiger partial charge in [-0.25, -0.2) is 0 Å². The predicted octanol–water partition coefficient (Wildman–Crippen LogP) is 4.34. The van der Waals surface area contributed by atoms with Crippen molar-refractivity contribution in [2.75, 3.05) is 32.8 Å². The Bertz CT molecular complexity index is 1040. The molecular weight excluding hydrogens is 404 g/mol. The first kappa shape index (κ1) is 23.0. The largest absolute Gasteiger partial charge is 0.496 e. The number of hydrogen-bond acceptors (Lipinski definition) is 5. The highest BCUT2D eigenvalue weighted by molar-refractivity contribution is 5.81. The van der Waals surface area contributed by atoms with Gasteiger partial charge in [-0.3, -0.25) is 4.79 Å². The number of nitrogens with one attached hydrogen (secondary N) is 1. The molecule has 3 aromatic carbocycles. The van der Waals surface area contributed by atoms with Crippen LogP contribution in [0, 0.1) is 6.92 Å². The van der Waals surface area contributed by atoms with Gasteiger partial charge in [0.15, 0.2) is 11.5 Å². The van der Waals surface area contributed by atoms with E-state index in [4.69, 9.17) is 14.2 Å². The van der Waals surface area contributed by atoms with E-state index in [1.807, 2.05) is 49.4 Å². The van der Waals surface area contributed by atoms with E-state index in [1.54, 1.807) is 27.4 Å². The molecule has 0 aliphatic carbocycles.